The molecular weight excluding hydrogens is 304 g/mol. The lowest BCUT2D eigenvalue weighted by Gasteiger charge is -2.30. The second-order valence-corrected chi connectivity index (χ2v) is 8.04. The van der Waals surface area contributed by atoms with E-state index in [4.69, 9.17) is 5.73 Å². The van der Waals surface area contributed by atoms with Gasteiger partial charge >= 0.3 is 0 Å². The normalized spacial score (nSPS) is 18.6. The van der Waals surface area contributed by atoms with Crippen LogP contribution in [0.4, 0.5) is 0 Å². The van der Waals surface area contributed by atoms with Crippen molar-refractivity contribution in [3.05, 3.63) is 24.3 Å². The number of rotatable bonds is 6. The van der Waals surface area contributed by atoms with Crippen molar-refractivity contribution in [1.29, 1.82) is 0 Å². The molecule has 6 heteroatoms. The smallest absolute Gasteiger partial charge is 0.241 e. The maximum atomic E-state index is 12.6. The molecule has 1 aliphatic carbocycles. The van der Waals surface area contributed by atoms with Crippen LogP contribution in [0, 0.1) is 5.92 Å². The molecule has 21 heavy (non-hydrogen) atoms. The van der Waals surface area contributed by atoms with Gasteiger partial charge in [0.1, 0.15) is 0 Å². The van der Waals surface area contributed by atoms with Crippen molar-refractivity contribution < 1.29 is 8.42 Å². The molecule has 0 bridgehead atoms. The molecule has 0 aromatic heterocycles. The molecule has 1 aromatic rings. The molecule has 4 nitrogen and oxygen atoms in total. The summed E-state index contributed by atoms with van der Waals surface area (Å²) in [6, 6.07) is 6.93. The van der Waals surface area contributed by atoms with Gasteiger partial charge < -0.3 is 5.73 Å². The van der Waals surface area contributed by atoms with Crippen LogP contribution in [0.2, 0.25) is 0 Å². The molecule has 2 rings (SSSR count). The zero-order valence-corrected chi connectivity index (χ0v) is 14.1. The molecule has 0 spiro atoms. The van der Waals surface area contributed by atoms with Crippen molar-refractivity contribution in [2.45, 2.75) is 47.9 Å². The summed E-state index contributed by atoms with van der Waals surface area (Å²) in [7, 11) is -3.51. The number of nitrogens with two attached hydrogens (primary N) is 1. The quantitative estimate of drug-likeness (QED) is 0.787. The summed E-state index contributed by atoms with van der Waals surface area (Å²) in [6.45, 7) is 0.353. The largest absolute Gasteiger partial charge is 0.329 e. The van der Waals surface area contributed by atoms with Crippen LogP contribution in [-0.4, -0.2) is 27.3 Å². The van der Waals surface area contributed by atoms with Gasteiger partial charge in [-0.1, -0.05) is 31.4 Å². The molecule has 1 unspecified atom stereocenters. The Morgan fingerprint density at radius 3 is 2.57 bits per heavy atom. The first-order valence-electron chi connectivity index (χ1n) is 7.44. The van der Waals surface area contributed by atoms with Crippen molar-refractivity contribution in [2.24, 2.45) is 11.7 Å². The molecule has 1 aromatic carbocycles. The highest BCUT2D eigenvalue weighted by atomic mass is 32.2. The van der Waals surface area contributed by atoms with Crippen LogP contribution >= 0.6 is 11.8 Å². The van der Waals surface area contributed by atoms with Gasteiger partial charge in [-0.05, 0) is 37.1 Å². The number of hydrogen-bond donors (Lipinski definition) is 2. The van der Waals surface area contributed by atoms with Crippen LogP contribution in [0.5, 0.6) is 0 Å². The first-order valence-corrected chi connectivity index (χ1v) is 10.1. The summed E-state index contributed by atoms with van der Waals surface area (Å²) >= 11 is 1.44. The third kappa shape index (κ3) is 4.22. The van der Waals surface area contributed by atoms with E-state index in [2.05, 4.69) is 4.72 Å². The molecule has 1 atom stereocenters. The Labute approximate surface area is 131 Å². The predicted octanol–water partition coefficient (Wildman–Crippen LogP) is 2.59. The molecule has 1 aliphatic rings. The summed E-state index contributed by atoms with van der Waals surface area (Å²) in [5, 5.41) is 0. The van der Waals surface area contributed by atoms with Crippen molar-refractivity contribution in [3.63, 3.8) is 0 Å². The van der Waals surface area contributed by atoms with E-state index in [9.17, 15) is 8.42 Å². The van der Waals surface area contributed by atoms with Gasteiger partial charge in [-0.25, -0.2) is 13.1 Å². The second-order valence-electron chi connectivity index (χ2n) is 5.51. The topological polar surface area (TPSA) is 72.2 Å². The molecular formula is C15H24N2O2S2. The highest BCUT2D eigenvalue weighted by Crippen LogP contribution is 2.28. The molecule has 0 heterocycles. The van der Waals surface area contributed by atoms with Gasteiger partial charge in [0, 0.05) is 17.5 Å². The predicted molar refractivity (Wildman–Crippen MR) is 88.0 cm³/mol. The lowest BCUT2D eigenvalue weighted by molar-refractivity contribution is 0.294. The highest BCUT2D eigenvalue weighted by Gasteiger charge is 2.28. The van der Waals surface area contributed by atoms with Gasteiger partial charge in [0.2, 0.25) is 10.0 Å². The van der Waals surface area contributed by atoms with E-state index in [0.717, 1.165) is 17.7 Å². The van der Waals surface area contributed by atoms with E-state index in [0.29, 0.717) is 17.4 Å². The van der Waals surface area contributed by atoms with Gasteiger partial charge in [0.25, 0.3) is 0 Å². The number of thioether (sulfide) groups is 1. The molecule has 0 amide bonds. The fourth-order valence-corrected chi connectivity index (χ4v) is 5.44. The lowest BCUT2D eigenvalue weighted by atomic mass is 9.84. The Bertz CT molecular complexity index is 555. The minimum absolute atomic E-state index is 0.162. The van der Waals surface area contributed by atoms with E-state index in [1.807, 2.05) is 18.4 Å². The summed E-state index contributed by atoms with van der Waals surface area (Å²) in [5.41, 5.74) is 5.83. The van der Waals surface area contributed by atoms with Crippen molar-refractivity contribution in [3.8, 4) is 0 Å². The zero-order valence-electron chi connectivity index (χ0n) is 12.4. The maximum Gasteiger partial charge on any atom is 0.241 e. The van der Waals surface area contributed by atoms with E-state index in [1.54, 1.807) is 12.1 Å². The standard InChI is InChI=1S/C15H24N2O2S2/c1-20-14-9-5-6-10-15(14)21(18,19)17-13(11-16)12-7-3-2-4-8-12/h5-6,9-10,12-13,17H,2-4,7-8,11,16H2,1H3. The Morgan fingerprint density at radius 2 is 1.95 bits per heavy atom. The molecule has 1 saturated carbocycles. The van der Waals surface area contributed by atoms with Crippen LogP contribution in [-0.2, 0) is 10.0 Å². The van der Waals surface area contributed by atoms with Gasteiger partial charge in [-0.3, -0.25) is 0 Å². The third-order valence-electron chi connectivity index (χ3n) is 4.14. The van der Waals surface area contributed by atoms with Crippen LogP contribution < -0.4 is 10.5 Å². The number of hydrogen-bond acceptors (Lipinski definition) is 4. The summed E-state index contributed by atoms with van der Waals surface area (Å²) in [4.78, 5) is 1.12. The Balaban J connectivity index is 2.18. The Kier molecular flexibility index (Phi) is 6.10. The van der Waals surface area contributed by atoms with Gasteiger partial charge in [0.15, 0.2) is 0 Å². The number of nitrogens with one attached hydrogen (secondary N) is 1. The molecule has 118 valence electrons. The van der Waals surface area contributed by atoms with Gasteiger partial charge in [-0.2, -0.15) is 0 Å². The monoisotopic (exact) mass is 328 g/mol. The Hall–Kier alpha value is -0.560. The van der Waals surface area contributed by atoms with Crippen LogP contribution in [0.15, 0.2) is 34.1 Å². The molecule has 3 N–H and O–H groups in total. The minimum Gasteiger partial charge on any atom is -0.329 e. The average Bonchev–Trinajstić information content (AvgIpc) is 2.53. The minimum atomic E-state index is -3.51. The first-order chi connectivity index (χ1) is 10.1. The fourth-order valence-electron chi connectivity index (χ4n) is 2.98. The highest BCUT2D eigenvalue weighted by molar-refractivity contribution is 7.99. The number of sulfonamides is 1. The zero-order chi connectivity index (χ0) is 15.3. The van der Waals surface area contributed by atoms with Crippen molar-refractivity contribution in [2.75, 3.05) is 12.8 Å². The lowest BCUT2D eigenvalue weighted by Crippen LogP contribution is -2.45. The molecule has 0 saturated heterocycles. The van der Waals surface area contributed by atoms with E-state index < -0.39 is 10.0 Å². The summed E-state index contributed by atoms with van der Waals surface area (Å²) in [5.74, 6) is 0.361. The van der Waals surface area contributed by atoms with Crippen molar-refractivity contribution in [1.82, 2.24) is 4.72 Å². The van der Waals surface area contributed by atoms with Gasteiger partial charge in [0.05, 0.1) is 4.90 Å². The maximum absolute atomic E-state index is 12.6. The van der Waals surface area contributed by atoms with Crippen LogP contribution in [0.1, 0.15) is 32.1 Å². The van der Waals surface area contributed by atoms with E-state index in [1.165, 1.54) is 31.0 Å². The van der Waals surface area contributed by atoms with Crippen LogP contribution in [0.3, 0.4) is 0 Å². The second kappa shape index (κ2) is 7.63. The third-order valence-corrected chi connectivity index (χ3v) is 6.61. The Morgan fingerprint density at radius 1 is 1.29 bits per heavy atom. The number of benzene rings is 1. The SMILES string of the molecule is CSc1ccccc1S(=O)(=O)NC(CN)C1CCCCC1. The molecule has 0 radical (unpaired) electrons. The van der Waals surface area contributed by atoms with Gasteiger partial charge in [-0.15, -0.1) is 11.8 Å². The fraction of sp³-hybridized carbons (Fsp3) is 0.600. The first kappa shape index (κ1) is 16.8. The molecule has 0 aliphatic heterocycles. The van der Waals surface area contributed by atoms with E-state index >= 15 is 0 Å². The molecule has 1 fully saturated rings. The average molecular weight is 329 g/mol. The summed E-state index contributed by atoms with van der Waals surface area (Å²) in [6.07, 6.45) is 7.60. The summed E-state index contributed by atoms with van der Waals surface area (Å²) < 4.78 is 28.1. The van der Waals surface area contributed by atoms with Crippen LogP contribution in [0.25, 0.3) is 0 Å². The van der Waals surface area contributed by atoms with Crippen molar-refractivity contribution >= 4 is 21.8 Å². The van der Waals surface area contributed by atoms with E-state index in [-0.39, 0.29) is 6.04 Å².